The molecule has 0 aromatic carbocycles. The van der Waals surface area contributed by atoms with Gasteiger partial charge in [-0.1, -0.05) is 0 Å². The summed E-state index contributed by atoms with van der Waals surface area (Å²) in [4.78, 5) is 16.4. The molecule has 36 nitrogen and oxygen atoms in total. The number of anilines is 10. The topological polar surface area (TPSA) is 523 Å². The van der Waals surface area contributed by atoms with Crippen molar-refractivity contribution >= 4 is 82.7 Å². The molecule has 6 aromatic heterocycles. The predicted octanol–water partition coefficient (Wildman–Crippen LogP) is -2.64. The Bertz CT molecular complexity index is 2450. The summed E-state index contributed by atoms with van der Waals surface area (Å²) in [7, 11) is 1.64. The zero-order chi connectivity index (χ0) is 43.8. The number of hydrogen-bond acceptors (Lipinski definition) is 29. The molecule has 6 rings (SSSR count). The summed E-state index contributed by atoms with van der Waals surface area (Å²) in [6.07, 6.45) is 5.12. The van der Waals surface area contributed by atoms with Gasteiger partial charge in [-0.15, -0.1) is 61.2 Å². The first kappa shape index (κ1) is 42.5. The number of nitrogens with one attached hydrogen (secondary N) is 10. The van der Waals surface area contributed by atoms with Gasteiger partial charge >= 0.3 is 0 Å². The van der Waals surface area contributed by atoms with Gasteiger partial charge in [0.1, 0.15) is 17.5 Å². The van der Waals surface area contributed by atoms with E-state index in [4.69, 9.17) is 34.1 Å². The van der Waals surface area contributed by atoms with E-state index in [0.717, 1.165) is 28.6 Å². The lowest BCUT2D eigenvalue weighted by molar-refractivity contribution is 0.737. The van der Waals surface area contributed by atoms with Crippen LogP contribution in [-0.2, 0) is 0 Å². The van der Waals surface area contributed by atoms with Crippen molar-refractivity contribution in [2.45, 2.75) is 58.3 Å². The Hall–Kier alpha value is -9.12. The van der Waals surface area contributed by atoms with E-state index in [1.54, 1.807) is 14.0 Å². The highest BCUT2D eigenvalue weighted by Crippen LogP contribution is 2.13. The molecule has 0 amide bonds. The lowest BCUT2D eigenvalue weighted by atomic mass is 10.1. The molecular weight excluding hydrogens is 817 g/mol. The highest BCUT2D eigenvalue weighted by molar-refractivity contribution is 5.82. The van der Waals surface area contributed by atoms with E-state index in [0.29, 0.717) is 49.5 Å². The molecule has 6 heterocycles. The third-order valence-corrected chi connectivity index (χ3v) is 7.50. The van der Waals surface area contributed by atoms with Crippen LogP contribution in [0, 0.1) is 5.41 Å². The zero-order valence-corrected chi connectivity index (χ0v) is 32.9. The Balaban J connectivity index is 0.883. The van der Waals surface area contributed by atoms with Crippen molar-refractivity contribution in [3.8, 4) is 11.9 Å². The normalized spacial score (nSPS) is 12.0. The first-order chi connectivity index (χ1) is 30.0. The van der Waals surface area contributed by atoms with Crippen LogP contribution < -0.4 is 66.4 Å². The van der Waals surface area contributed by atoms with Crippen molar-refractivity contribution in [3.63, 3.8) is 0 Å². The van der Waals surface area contributed by atoms with Crippen LogP contribution in [0.3, 0.4) is 0 Å². The van der Waals surface area contributed by atoms with E-state index in [2.05, 4.69) is 144 Å². The predicted molar refractivity (Wildman–Crippen MR) is 222 cm³/mol. The molecule has 326 valence electrons. The van der Waals surface area contributed by atoms with Gasteiger partial charge in [-0.05, 0) is 39.0 Å². The van der Waals surface area contributed by atoms with Crippen molar-refractivity contribution in [1.82, 2.24) is 106 Å². The minimum absolute atomic E-state index is 0.00395. The standard InChI is InChI=1S/C26H42N36/c1-11(27)7-3-4-8-12(28)40-46-19-36-17(44-48-19)39-22-52-57-26(58-53-22)62-16(32)35-24(60-62)54-42-14(30)10-6-5-9-13(29)41-47-20-37-18(45-49-20)38-21-50-55-25(56-51-21)61-15(31)34-23(59-61)43-33-2/h27,33H,3-10H2,1-2H3,(H2,28,40)(H2,29,41)(H2,30,42)(H3,31,34,43,59)(H3,32,35,54,60)(H3,36,39,44,46,48,52,53)(H3,37,38,45,47,49,50,51). The third kappa shape index (κ3) is 12.4. The van der Waals surface area contributed by atoms with Crippen LogP contribution in [0.5, 0.6) is 0 Å². The van der Waals surface area contributed by atoms with Crippen LogP contribution in [0.15, 0.2) is 15.3 Å². The Kier molecular flexibility index (Phi) is 14.1. The fraction of sp³-hybridized carbons (Fsp3) is 0.385. The van der Waals surface area contributed by atoms with E-state index >= 15 is 0 Å². The van der Waals surface area contributed by atoms with Crippen LogP contribution in [0.4, 0.5) is 59.5 Å². The Morgan fingerprint density at radius 3 is 1.44 bits per heavy atom. The maximum Gasteiger partial charge on any atom is 0.292 e. The summed E-state index contributed by atoms with van der Waals surface area (Å²) >= 11 is 0. The smallest absolute Gasteiger partial charge is 0.292 e. The zero-order valence-electron chi connectivity index (χ0n) is 32.9. The molecule has 6 aromatic rings. The van der Waals surface area contributed by atoms with E-state index in [1.165, 1.54) is 0 Å². The van der Waals surface area contributed by atoms with Gasteiger partial charge in [-0.2, -0.15) is 44.6 Å². The third-order valence-electron chi connectivity index (χ3n) is 7.50. The average molecular weight is 859 g/mol. The molecule has 0 spiro atoms. The number of aromatic amines is 2. The Labute approximate surface area is 347 Å². The number of H-pyrrole nitrogens is 2. The summed E-state index contributed by atoms with van der Waals surface area (Å²) in [6, 6.07) is 0. The van der Waals surface area contributed by atoms with Crippen molar-refractivity contribution in [2.75, 3.05) is 50.9 Å². The molecule has 0 aliphatic heterocycles. The summed E-state index contributed by atoms with van der Waals surface area (Å²) in [5, 5.41) is 78.4. The minimum atomic E-state index is -0.0715. The fourth-order valence-corrected chi connectivity index (χ4v) is 4.66. The van der Waals surface area contributed by atoms with Gasteiger partial charge in [0.05, 0.1) is 0 Å². The van der Waals surface area contributed by atoms with Crippen molar-refractivity contribution in [1.29, 1.82) is 5.41 Å². The van der Waals surface area contributed by atoms with E-state index in [1.807, 2.05) is 0 Å². The van der Waals surface area contributed by atoms with Crippen LogP contribution in [0.25, 0.3) is 11.9 Å². The van der Waals surface area contributed by atoms with Gasteiger partial charge in [0.2, 0.25) is 23.8 Å². The summed E-state index contributed by atoms with van der Waals surface area (Å²) in [5.74, 6) is 1.72. The van der Waals surface area contributed by atoms with E-state index in [-0.39, 0.29) is 77.2 Å². The average Bonchev–Trinajstić information content (AvgIpc) is 4.07. The SMILES string of the molecule is CNNc1nc(N)n(-c2nnc(Nc3n[nH]c(NN=C(N)CCCCC(N)=NNc4nc(N)n(-c5nnc(Nc6n[nH]c(NN=C(N)CCCCC(C)=N)n6)nn5)n4)n3)nn2)n1. The molecule has 0 fully saturated rings. The van der Waals surface area contributed by atoms with Crippen molar-refractivity contribution < 1.29 is 0 Å². The van der Waals surface area contributed by atoms with Crippen molar-refractivity contribution in [3.05, 3.63) is 0 Å². The Morgan fingerprint density at radius 1 is 0.565 bits per heavy atom. The maximum absolute atomic E-state index is 7.47. The number of rotatable bonds is 24. The molecule has 36 heteroatoms. The monoisotopic (exact) mass is 858 g/mol. The Morgan fingerprint density at radius 2 is 0.984 bits per heavy atom. The van der Waals surface area contributed by atoms with Crippen LogP contribution >= 0.6 is 0 Å². The highest BCUT2D eigenvalue weighted by atomic mass is 15.6. The van der Waals surface area contributed by atoms with Gasteiger partial charge in [0.25, 0.3) is 47.6 Å². The molecule has 0 unspecified atom stereocenters. The first-order valence-electron chi connectivity index (χ1n) is 18.2. The maximum atomic E-state index is 7.47. The van der Waals surface area contributed by atoms with Crippen LogP contribution in [0.2, 0.25) is 0 Å². The number of nitrogen functional groups attached to an aromatic ring is 2. The highest BCUT2D eigenvalue weighted by Gasteiger charge is 2.15. The summed E-state index contributed by atoms with van der Waals surface area (Å²) < 4.78 is 2.26. The fourth-order valence-electron chi connectivity index (χ4n) is 4.66. The molecule has 0 aliphatic rings. The lowest BCUT2D eigenvalue weighted by Gasteiger charge is -2.02. The minimum Gasteiger partial charge on any atom is -0.386 e. The molecular formula is C26H42N36. The second-order valence-electron chi connectivity index (χ2n) is 12.4. The lowest BCUT2D eigenvalue weighted by Crippen LogP contribution is -2.16. The number of hydrogen-bond donors (Lipinski definition) is 15. The molecule has 0 radical (unpaired) electrons. The van der Waals surface area contributed by atoms with E-state index in [9.17, 15) is 0 Å². The first-order valence-corrected chi connectivity index (χ1v) is 18.2. The quantitative estimate of drug-likeness (QED) is 0.0128. The molecule has 0 saturated heterocycles. The number of nitrogens with two attached hydrogens (primary N) is 5. The van der Waals surface area contributed by atoms with E-state index < -0.39 is 0 Å². The van der Waals surface area contributed by atoms with Gasteiger partial charge < -0.3 is 34.1 Å². The second kappa shape index (κ2) is 20.5. The molecule has 0 atom stereocenters. The molecule has 0 bridgehead atoms. The number of hydrazine groups is 1. The second-order valence-corrected chi connectivity index (χ2v) is 12.4. The molecule has 0 saturated carbocycles. The van der Waals surface area contributed by atoms with Crippen LogP contribution in [-0.4, -0.2) is 131 Å². The molecule has 0 aliphatic carbocycles. The van der Waals surface area contributed by atoms with Gasteiger partial charge in [0.15, 0.2) is 0 Å². The van der Waals surface area contributed by atoms with Crippen molar-refractivity contribution in [2.24, 2.45) is 32.5 Å². The number of nitrogens with zero attached hydrogens (tertiary/aromatic N) is 21. The number of unbranched alkanes of at least 4 members (excludes halogenated alkanes) is 2. The van der Waals surface area contributed by atoms with Gasteiger partial charge in [-0.25, -0.2) is 31.9 Å². The largest absolute Gasteiger partial charge is 0.386 e. The summed E-state index contributed by atoms with van der Waals surface area (Å²) in [6.45, 7) is 1.77. The molecule has 62 heavy (non-hydrogen) atoms. The van der Waals surface area contributed by atoms with Crippen LogP contribution in [0.1, 0.15) is 58.3 Å². The number of aromatic nitrogens is 20. The molecule has 20 N–H and O–H groups in total. The summed E-state index contributed by atoms with van der Waals surface area (Å²) in [5.41, 5.74) is 43.9. The van der Waals surface area contributed by atoms with Gasteiger partial charge in [-0.3, -0.25) is 16.1 Å². The number of amidine groups is 3. The van der Waals surface area contributed by atoms with Gasteiger partial charge in [0, 0.05) is 32.0 Å². The number of hydrazone groups is 3.